The average molecular weight is 451 g/mol. The highest BCUT2D eigenvalue weighted by Crippen LogP contribution is 2.34. The lowest BCUT2D eigenvalue weighted by molar-refractivity contribution is -0.122. The van der Waals surface area contributed by atoms with E-state index in [0.717, 1.165) is 16.7 Å². The van der Waals surface area contributed by atoms with Gasteiger partial charge in [0.25, 0.3) is 17.1 Å². The van der Waals surface area contributed by atoms with Crippen LogP contribution in [0, 0.1) is 0 Å². The Kier molecular flexibility index (Phi) is 6.84. The van der Waals surface area contributed by atoms with Gasteiger partial charge in [0.1, 0.15) is 5.75 Å². The molecule has 0 aromatic heterocycles. The van der Waals surface area contributed by atoms with Crippen LogP contribution in [0.25, 0.3) is 6.08 Å². The molecule has 1 fully saturated rings. The summed E-state index contributed by atoms with van der Waals surface area (Å²) in [7, 11) is 1.48. The third-order valence-corrected chi connectivity index (χ3v) is 5.86. The van der Waals surface area contributed by atoms with Gasteiger partial charge in [-0.2, -0.15) is 0 Å². The number of carbonyl (C=O) groups excluding carboxylic acids is 3. The van der Waals surface area contributed by atoms with Crippen molar-refractivity contribution in [3.8, 4) is 5.75 Å². The molecule has 1 N–H and O–H groups in total. The van der Waals surface area contributed by atoms with Gasteiger partial charge in [-0.1, -0.05) is 47.5 Å². The van der Waals surface area contributed by atoms with Gasteiger partial charge in [-0.15, -0.1) is 0 Å². The maximum Gasteiger partial charge on any atom is 0.293 e. The molecule has 0 unspecified atom stereocenters. The molecular formula is C20H16Cl2N2O4S. The number of imide groups is 1. The number of halogens is 2. The molecule has 0 spiro atoms. The van der Waals surface area contributed by atoms with Gasteiger partial charge in [-0.25, -0.2) is 0 Å². The van der Waals surface area contributed by atoms with Crippen LogP contribution in [0.4, 0.5) is 4.79 Å². The van der Waals surface area contributed by atoms with E-state index in [4.69, 9.17) is 27.9 Å². The van der Waals surface area contributed by atoms with Crippen molar-refractivity contribution in [1.82, 2.24) is 10.2 Å². The van der Waals surface area contributed by atoms with Gasteiger partial charge < -0.3 is 10.1 Å². The zero-order valence-corrected chi connectivity index (χ0v) is 17.6. The normalized spacial score (nSPS) is 15.1. The summed E-state index contributed by atoms with van der Waals surface area (Å²) in [5.74, 6) is -0.351. The number of nitrogens with one attached hydrogen (secondary N) is 1. The van der Waals surface area contributed by atoms with Crippen LogP contribution in [0.1, 0.15) is 15.9 Å². The van der Waals surface area contributed by atoms with Crippen LogP contribution >= 0.6 is 35.0 Å². The Labute approximate surface area is 181 Å². The van der Waals surface area contributed by atoms with Gasteiger partial charge in [0, 0.05) is 13.1 Å². The van der Waals surface area contributed by atoms with Crippen molar-refractivity contribution >= 4 is 58.1 Å². The quantitative estimate of drug-likeness (QED) is 0.656. The van der Waals surface area contributed by atoms with E-state index in [-0.39, 0.29) is 23.9 Å². The van der Waals surface area contributed by atoms with E-state index in [0.29, 0.717) is 26.9 Å². The van der Waals surface area contributed by atoms with Gasteiger partial charge in [0.15, 0.2) is 0 Å². The molecule has 150 valence electrons. The smallest absolute Gasteiger partial charge is 0.293 e. The second-order valence-corrected chi connectivity index (χ2v) is 7.71. The minimum Gasteiger partial charge on any atom is -0.496 e. The molecule has 29 heavy (non-hydrogen) atoms. The zero-order valence-electron chi connectivity index (χ0n) is 15.3. The second-order valence-electron chi connectivity index (χ2n) is 5.93. The van der Waals surface area contributed by atoms with Crippen LogP contribution in [0.2, 0.25) is 10.0 Å². The maximum absolute atomic E-state index is 12.6. The van der Waals surface area contributed by atoms with Gasteiger partial charge in [0.2, 0.25) is 0 Å². The molecular weight excluding hydrogens is 435 g/mol. The first-order valence-electron chi connectivity index (χ1n) is 8.53. The highest BCUT2D eigenvalue weighted by atomic mass is 35.5. The number of hydrogen-bond acceptors (Lipinski definition) is 5. The zero-order chi connectivity index (χ0) is 21.0. The van der Waals surface area contributed by atoms with Crippen molar-refractivity contribution in [3.63, 3.8) is 0 Å². The third-order valence-electron chi connectivity index (χ3n) is 4.11. The largest absolute Gasteiger partial charge is 0.496 e. The van der Waals surface area contributed by atoms with Crippen molar-refractivity contribution in [2.75, 3.05) is 20.2 Å². The fourth-order valence-electron chi connectivity index (χ4n) is 2.67. The first-order valence-corrected chi connectivity index (χ1v) is 10.1. The molecule has 3 amide bonds. The van der Waals surface area contributed by atoms with Crippen LogP contribution < -0.4 is 10.1 Å². The molecule has 2 aromatic rings. The summed E-state index contributed by atoms with van der Waals surface area (Å²) in [6.45, 7) is 0.159. The number of hydrogen-bond donors (Lipinski definition) is 1. The van der Waals surface area contributed by atoms with Crippen LogP contribution in [0.5, 0.6) is 5.75 Å². The fourth-order valence-corrected chi connectivity index (χ4v) is 3.89. The summed E-state index contributed by atoms with van der Waals surface area (Å²) in [6.07, 6.45) is 1.53. The number of ether oxygens (including phenoxy) is 1. The molecule has 0 saturated carbocycles. The van der Waals surface area contributed by atoms with Crippen molar-refractivity contribution in [3.05, 3.63) is 68.5 Å². The van der Waals surface area contributed by atoms with E-state index in [2.05, 4.69) is 5.32 Å². The number of rotatable bonds is 6. The van der Waals surface area contributed by atoms with Gasteiger partial charge in [-0.05, 0) is 41.6 Å². The molecule has 3 rings (SSSR count). The standard InChI is InChI=1S/C20H16Cl2N2O4S/c1-28-15-8-3-2-6-13(15)18(25)23-9-10-24-19(26)16(29-20(24)27)11-12-5-4-7-14(21)17(12)22/h2-8,11H,9-10H2,1H3,(H,23,25)/b16-11-. The fraction of sp³-hybridized carbons (Fsp3) is 0.150. The number of carbonyl (C=O) groups is 3. The highest BCUT2D eigenvalue weighted by molar-refractivity contribution is 8.18. The van der Waals surface area contributed by atoms with E-state index in [1.165, 1.54) is 13.2 Å². The lowest BCUT2D eigenvalue weighted by Crippen LogP contribution is -2.37. The van der Waals surface area contributed by atoms with Crippen molar-refractivity contribution in [2.24, 2.45) is 0 Å². The molecule has 9 heteroatoms. The predicted octanol–water partition coefficient (Wildman–Crippen LogP) is 4.47. The predicted molar refractivity (Wildman–Crippen MR) is 114 cm³/mol. The van der Waals surface area contributed by atoms with Crippen molar-refractivity contribution in [2.45, 2.75) is 0 Å². The van der Waals surface area contributed by atoms with Crippen molar-refractivity contribution in [1.29, 1.82) is 0 Å². The molecule has 0 aliphatic carbocycles. The Morgan fingerprint density at radius 3 is 2.69 bits per heavy atom. The lowest BCUT2D eigenvalue weighted by atomic mass is 10.2. The summed E-state index contributed by atoms with van der Waals surface area (Å²) in [6, 6.07) is 11.8. The maximum atomic E-state index is 12.6. The summed E-state index contributed by atoms with van der Waals surface area (Å²) in [4.78, 5) is 38.4. The number of methoxy groups -OCH3 is 1. The second kappa shape index (κ2) is 9.35. The van der Waals surface area contributed by atoms with E-state index in [1.54, 1.807) is 42.5 Å². The molecule has 6 nitrogen and oxygen atoms in total. The molecule has 1 aliphatic heterocycles. The summed E-state index contributed by atoms with van der Waals surface area (Å²) in [5.41, 5.74) is 0.925. The number of benzene rings is 2. The number of thioether (sulfide) groups is 1. The van der Waals surface area contributed by atoms with E-state index in [1.807, 2.05) is 0 Å². The minimum atomic E-state index is -0.442. The van der Waals surface area contributed by atoms with Crippen LogP contribution in [0.15, 0.2) is 47.4 Å². The Hall–Kier alpha value is -2.48. The number of nitrogens with zero attached hydrogens (tertiary/aromatic N) is 1. The summed E-state index contributed by atoms with van der Waals surface area (Å²) in [5, 5.41) is 2.95. The van der Waals surface area contributed by atoms with Gasteiger partial charge in [-0.3, -0.25) is 19.3 Å². The lowest BCUT2D eigenvalue weighted by Gasteiger charge is -2.13. The number of amides is 3. The Morgan fingerprint density at radius 2 is 1.93 bits per heavy atom. The molecule has 0 bridgehead atoms. The van der Waals surface area contributed by atoms with Gasteiger partial charge >= 0.3 is 0 Å². The van der Waals surface area contributed by atoms with Crippen LogP contribution in [-0.2, 0) is 4.79 Å². The molecule has 1 saturated heterocycles. The number of para-hydroxylation sites is 1. The first-order chi connectivity index (χ1) is 13.9. The third kappa shape index (κ3) is 4.75. The highest BCUT2D eigenvalue weighted by Gasteiger charge is 2.34. The Morgan fingerprint density at radius 1 is 1.17 bits per heavy atom. The van der Waals surface area contributed by atoms with Crippen LogP contribution in [-0.4, -0.2) is 42.2 Å². The molecule has 2 aromatic carbocycles. The average Bonchev–Trinajstić information content (AvgIpc) is 2.98. The molecule has 1 heterocycles. The van der Waals surface area contributed by atoms with E-state index >= 15 is 0 Å². The molecule has 1 aliphatic rings. The molecule has 0 atom stereocenters. The first kappa shape index (κ1) is 21.2. The van der Waals surface area contributed by atoms with Gasteiger partial charge in [0.05, 0.1) is 27.6 Å². The summed E-state index contributed by atoms with van der Waals surface area (Å²) < 4.78 is 5.16. The topological polar surface area (TPSA) is 75.7 Å². The Balaban J connectivity index is 1.64. The SMILES string of the molecule is COc1ccccc1C(=O)NCCN1C(=O)S/C(=C\c2cccc(Cl)c2Cl)C1=O. The van der Waals surface area contributed by atoms with Crippen molar-refractivity contribution < 1.29 is 19.1 Å². The minimum absolute atomic E-state index is 0.0478. The van der Waals surface area contributed by atoms with E-state index < -0.39 is 11.1 Å². The summed E-state index contributed by atoms with van der Waals surface area (Å²) >= 11 is 12.9. The Bertz CT molecular complexity index is 1010. The monoisotopic (exact) mass is 450 g/mol. The van der Waals surface area contributed by atoms with E-state index in [9.17, 15) is 14.4 Å². The molecule has 0 radical (unpaired) electrons. The van der Waals surface area contributed by atoms with Crippen LogP contribution in [0.3, 0.4) is 0 Å².